The van der Waals surface area contributed by atoms with E-state index >= 15 is 0 Å². The molecule has 2 amide bonds. The van der Waals surface area contributed by atoms with Gasteiger partial charge in [0.1, 0.15) is 0 Å². The average molecular weight is 621 g/mol. The summed E-state index contributed by atoms with van der Waals surface area (Å²) in [6.45, 7) is 7.78. The fourth-order valence-corrected chi connectivity index (χ4v) is 11.9. The number of likely N-dealkylation sites (tertiary alicyclic amines) is 2. The Morgan fingerprint density at radius 2 is 1.00 bits per heavy atom. The molecule has 0 radical (unpaired) electrons. The minimum absolute atomic E-state index is 0.0176. The molecule has 0 unspecified atom stereocenters. The Hall–Kier alpha value is -1.66. The Labute approximate surface area is 226 Å². The zero-order valence-electron chi connectivity index (χ0n) is 21.0. The van der Waals surface area contributed by atoms with Crippen LogP contribution in [0.25, 0.3) is 0 Å². The molecule has 8 heteroatoms. The van der Waals surface area contributed by atoms with Gasteiger partial charge in [0.05, 0.1) is 0 Å². The van der Waals surface area contributed by atoms with Crippen molar-refractivity contribution in [1.29, 1.82) is 0 Å². The number of piperidine rings is 2. The Balaban J connectivity index is 1.29. The molecule has 0 saturated carbocycles. The van der Waals surface area contributed by atoms with Crippen molar-refractivity contribution in [3.05, 3.63) is 59.7 Å². The molecule has 0 bridgehead atoms. The van der Waals surface area contributed by atoms with Gasteiger partial charge < -0.3 is 0 Å². The Bertz CT molecular complexity index is 912. The summed E-state index contributed by atoms with van der Waals surface area (Å²) in [4.78, 5) is 30.8. The van der Waals surface area contributed by atoms with Crippen LogP contribution in [0.1, 0.15) is 59.2 Å². The summed E-state index contributed by atoms with van der Waals surface area (Å²) in [7, 11) is 0. The molecule has 2 N–H and O–H groups in total. The van der Waals surface area contributed by atoms with Gasteiger partial charge in [-0.3, -0.25) is 0 Å². The topological polar surface area (TPSA) is 64.7 Å². The molecule has 4 rings (SSSR count). The van der Waals surface area contributed by atoms with Crippen molar-refractivity contribution in [3.63, 3.8) is 0 Å². The van der Waals surface area contributed by atoms with Crippen LogP contribution in [-0.2, 0) is 0 Å². The Kier molecular flexibility index (Phi) is 11.3. The second-order valence-electron chi connectivity index (χ2n) is 9.48. The van der Waals surface area contributed by atoms with E-state index in [9.17, 15) is 9.59 Å². The third kappa shape index (κ3) is 8.44. The zero-order chi connectivity index (χ0) is 25.0. The first-order valence-electron chi connectivity index (χ1n) is 13.2. The van der Waals surface area contributed by atoms with Gasteiger partial charge in [0.2, 0.25) is 0 Å². The predicted molar refractivity (Wildman–Crippen MR) is 149 cm³/mol. The van der Waals surface area contributed by atoms with Crippen LogP contribution in [0, 0.1) is 0 Å². The zero-order valence-corrected chi connectivity index (χ0v) is 24.5. The fraction of sp³-hybridized carbons (Fsp3) is 0.500. The molecule has 2 aliphatic heterocycles. The molecule has 2 fully saturated rings. The normalized spacial score (nSPS) is 17.0. The first-order valence-corrected chi connectivity index (χ1v) is 19.3. The molecule has 2 heterocycles. The standard InChI is InChI=1S/C28H38N4O2Se2/c33-27(29-15-21-31-17-7-1-8-18-31)23-11-3-5-13-25(23)35-36-26-14-6-4-12-24(26)28(34)30-16-22-32-19-9-2-10-20-32/h3-6,11-14H,1-2,7-10,15-22H2,(H,29,33)(H,30,34). The second-order valence-corrected chi connectivity index (χ2v) is 15.7. The molecule has 0 aliphatic carbocycles. The number of hydrogen-bond donors (Lipinski definition) is 2. The van der Waals surface area contributed by atoms with Crippen molar-refractivity contribution in [3.8, 4) is 0 Å². The van der Waals surface area contributed by atoms with E-state index in [1.807, 2.05) is 36.4 Å². The van der Waals surface area contributed by atoms with Crippen molar-refractivity contribution in [2.75, 3.05) is 52.4 Å². The van der Waals surface area contributed by atoms with Crippen LogP contribution in [-0.4, -0.2) is 100 Å². The summed E-state index contributed by atoms with van der Waals surface area (Å²) in [6.07, 6.45) is 7.70. The van der Waals surface area contributed by atoms with Gasteiger partial charge >= 0.3 is 228 Å². The van der Waals surface area contributed by atoms with Crippen molar-refractivity contribution >= 4 is 47.0 Å². The molecular formula is C28H38N4O2Se2. The van der Waals surface area contributed by atoms with Crippen molar-refractivity contribution in [2.24, 2.45) is 0 Å². The van der Waals surface area contributed by atoms with Crippen LogP contribution in [0.5, 0.6) is 0 Å². The summed E-state index contributed by atoms with van der Waals surface area (Å²) in [5.74, 6) is 0.0352. The van der Waals surface area contributed by atoms with Gasteiger partial charge in [0, 0.05) is 0 Å². The Morgan fingerprint density at radius 1 is 0.611 bits per heavy atom. The maximum absolute atomic E-state index is 13.0. The third-order valence-electron chi connectivity index (χ3n) is 6.81. The molecule has 2 aromatic rings. The number of nitrogens with zero attached hydrogens (tertiary/aromatic N) is 2. The Morgan fingerprint density at radius 3 is 1.42 bits per heavy atom. The molecule has 36 heavy (non-hydrogen) atoms. The third-order valence-corrected chi connectivity index (χ3v) is 14.1. The van der Waals surface area contributed by atoms with Crippen LogP contribution in [0.4, 0.5) is 0 Å². The number of carbonyl (C=O) groups is 2. The van der Waals surface area contributed by atoms with E-state index in [2.05, 4.69) is 32.6 Å². The van der Waals surface area contributed by atoms with Crippen LogP contribution in [0.15, 0.2) is 48.5 Å². The van der Waals surface area contributed by atoms with Gasteiger partial charge in [-0.05, 0) is 0 Å². The van der Waals surface area contributed by atoms with Crippen LogP contribution in [0.3, 0.4) is 0 Å². The van der Waals surface area contributed by atoms with E-state index in [1.165, 1.54) is 38.5 Å². The predicted octanol–water partition coefficient (Wildman–Crippen LogP) is 1.39. The number of benzene rings is 2. The van der Waals surface area contributed by atoms with Gasteiger partial charge in [-0.15, -0.1) is 0 Å². The molecule has 0 atom stereocenters. The second kappa shape index (κ2) is 14.9. The van der Waals surface area contributed by atoms with Crippen molar-refractivity contribution in [1.82, 2.24) is 20.4 Å². The summed E-state index contributed by atoms with van der Waals surface area (Å²) >= 11 is 0.218. The molecule has 194 valence electrons. The van der Waals surface area contributed by atoms with Crippen LogP contribution < -0.4 is 19.6 Å². The van der Waals surface area contributed by atoms with E-state index in [1.54, 1.807) is 0 Å². The van der Waals surface area contributed by atoms with Gasteiger partial charge in [-0.2, -0.15) is 0 Å². The summed E-state index contributed by atoms with van der Waals surface area (Å²) in [5, 5.41) is 6.27. The molecule has 6 nitrogen and oxygen atoms in total. The molecule has 2 saturated heterocycles. The maximum atomic E-state index is 13.0. The molecule has 2 aromatic carbocycles. The number of nitrogens with one attached hydrogen (secondary N) is 2. The fourth-order valence-electron chi connectivity index (χ4n) is 4.76. The quantitative estimate of drug-likeness (QED) is 0.373. The van der Waals surface area contributed by atoms with Crippen LogP contribution >= 0.6 is 0 Å². The van der Waals surface area contributed by atoms with Crippen molar-refractivity contribution in [2.45, 2.75) is 38.5 Å². The average Bonchev–Trinajstić information content (AvgIpc) is 2.93. The van der Waals surface area contributed by atoms with Gasteiger partial charge in [0.25, 0.3) is 0 Å². The molecule has 2 aliphatic rings. The van der Waals surface area contributed by atoms with Crippen LogP contribution in [0.2, 0.25) is 0 Å². The summed E-state index contributed by atoms with van der Waals surface area (Å²) < 4.78 is 2.22. The van der Waals surface area contributed by atoms with Gasteiger partial charge in [-0.25, -0.2) is 0 Å². The summed E-state index contributed by atoms with van der Waals surface area (Å²) in [6, 6.07) is 15.9. The van der Waals surface area contributed by atoms with Gasteiger partial charge in [-0.1, -0.05) is 0 Å². The summed E-state index contributed by atoms with van der Waals surface area (Å²) in [5.41, 5.74) is 1.56. The van der Waals surface area contributed by atoms with E-state index < -0.39 is 0 Å². The molecule has 0 aromatic heterocycles. The SMILES string of the molecule is O=C(NCCN1CCCCC1)c1ccccc1[Se][Se]c1ccccc1C(=O)NCCN1CCCCC1. The first kappa shape index (κ1) is 27.4. The number of hydrogen-bond acceptors (Lipinski definition) is 4. The van der Waals surface area contributed by atoms with E-state index in [4.69, 9.17) is 0 Å². The molecule has 0 spiro atoms. The first-order chi connectivity index (χ1) is 17.7. The number of carbonyl (C=O) groups excluding carboxylic acids is 2. The number of amides is 2. The minimum atomic E-state index is 0.0176. The van der Waals surface area contributed by atoms with E-state index in [-0.39, 0.29) is 38.1 Å². The number of rotatable bonds is 11. The van der Waals surface area contributed by atoms with Gasteiger partial charge in [0.15, 0.2) is 0 Å². The van der Waals surface area contributed by atoms with E-state index in [0.717, 1.165) is 59.3 Å². The van der Waals surface area contributed by atoms with Crippen molar-refractivity contribution < 1.29 is 9.59 Å². The monoisotopic (exact) mass is 622 g/mol. The molecular weight excluding hydrogens is 582 g/mol. The van der Waals surface area contributed by atoms with E-state index in [0.29, 0.717) is 13.1 Å².